The number of nitrogens with one attached hydrogen (secondary N) is 2. The number of amides is 1. The molecule has 0 radical (unpaired) electrons. The van der Waals surface area contributed by atoms with Crippen molar-refractivity contribution in [1.29, 1.82) is 0 Å². The Kier molecular flexibility index (Phi) is 6.12. The highest BCUT2D eigenvalue weighted by Crippen LogP contribution is 2.62. The van der Waals surface area contributed by atoms with Crippen molar-refractivity contribution >= 4 is 17.6 Å². The first-order valence-corrected chi connectivity index (χ1v) is 14.9. The SMILES string of the molecule is CCc1nc(NC2CN(c3ccc(C4CCC(=C5CCC5)NC4=O)c(F)c3OC)C2)oc1C1CC2(CCC2)C1. The zero-order chi connectivity index (χ0) is 26.7. The molecular weight excluding hydrogens is 495 g/mol. The van der Waals surface area contributed by atoms with Gasteiger partial charge in [0, 0.05) is 30.3 Å². The molecule has 1 aromatic carbocycles. The van der Waals surface area contributed by atoms with E-state index in [1.54, 1.807) is 6.07 Å². The second-order valence-electron chi connectivity index (χ2n) is 12.4. The summed E-state index contributed by atoms with van der Waals surface area (Å²) >= 11 is 0. The van der Waals surface area contributed by atoms with E-state index in [1.165, 1.54) is 51.2 Å². The standard InChI is InChI=1S/C31H39FN4O3/c1-3-23-27(19-14-31(15-19)12-5-13-31)39-30(35-23)33-20-16-36(17-20)25-11-9-21(26(32)28(25)38-2)22-8-10-24(34-29(22)37)18-6-4-7-18/h9,11,19-20,22H,3-8,10,12-17H2,1-2H3,(H,33,35)(H,34,37). The summed E-state index contributed by atoms with van der Waals surface area (Å²) in [6.45, 7) is 3.53. The lowest BCUT2D eigenvalue weighted by atomic mass is 9.51. The van der Waals surface area contributed by atoms with E-state index in [-0.39, 0.29) is 17.7 Å². The zero-order valence-electron chi connectivity index (χ0n) is 23.1. The minimum atomic E-state index is -0.495. The first-order valence-electron chi connectivity index (χ1n) is 14.9. The van der Waals surface area contributed by atoms with Gasteiger partial charge in [-0.2, -0.15) is 4.98 Å². The van der Waals surface area contributed by atoms with E-state index < -0.39 is 11.7 Å². The van der Waals surface area contributed by atoms with Crippen LogP contribution >= 0.6 is 0 Å². The second-order valence-corrected chi connectivity index (χ2v) is 12.4. The van der Waals surface area contributed by atoms with Crippen molar-refractivity contribution in [3.05, 3.63) is 46.2 Å². The molecule has 208 valence electrons. The third-order valence-corrected chi connectivity index (χ3v) is 10.1. The number of nitrogens with zero attached hydrogens (tertiary/aromatic N) is 2. The van der Waals surface area contributed by atoms with Crippen molar-refractivity contribution in [3.8, 4) is 5.75 Å². The molecule has 2 N–H and O–H groups in total. The van der Waals surface area contributed by atoms with Gasteiger partial charge in [-0.25, -0.2) is 4.39 Å². The number of carbonyl (C=O) groups excluding carboxylic acids is 1. The molecule has 3 saturated carbocycles. The number of allylic oxidation sites excluding steroid dienone is 2. The molecular formula is C31H39FN4O3. The molecule has 2 aliphatic heterocycles. The summed E-state index contributed by atoms with van der Waals surface area (Å²) in [4.78, 5) is 19.7. The Morgan fingerprint density at radius 1 is 1.21 bits per heavy atom. The topological polar surface area (TPSA) is 79.6 Å². The van der Waals surface area contributed by atoms with Gasteiger partial charge in [0.25, 0.3) is 6.01 Å². The quantitative estimate of drug-likeness (QED) is 0.443. The summed E-state index contributed by atoms with van der Waals surface area (Å²) in [6.07, 6.45) is 12.2. The van der Waals surface area contributed by atoms with Gasteiger partial charge in [-0.3, -0.25) is 4.79 Å². The van der Waals surface area contributed by atoms with Crippen molar-refractivity contribution in [1.82, 2.24) is 10.3 Å². The van der Waals surface area contributed by atoms with E-state index in [0.29, 0.717) is 48.1 Å². The third-order valence-electron chi connectivity index (χ3n) is 10.1. The van der Waals surface area contributed by atoms with E-state index in [1.807, 2.05) is 6.07 Å². The fourth-order valence-corrected chi connectivity index (χ4v) is 7.40. The maximum absolute atomic E-state index is 15.7. The van der Waals surface area contributed by atoms with Gasteiger partial charge in [0.2, 0.25) is 5.91 Å². The van der Waals surface area contributed by atoms with E-state index in [4.69, 9.17) is 14.1 Å². The normalized spacial score (nSPS) is 24.5. The summed E-state index contributed by atoms with van der Waals surface area (Å²) in [7, 11) is 1.50. The molecule has 1 atom stereocenters. The molecule has 8 heteroatoms. The number of piperidine rings is 1. The fraction of sp³-hybridized carbons (Fsp3) is 0.613. The molecule has 1 amide bonds. The summed E-state index contributed by atoms with van der Waals surface area (Å²) in [5.74, 6) is 0.768. The summed E-state index contributed by atoms with van der Waals surface area (Å²) in [5, 5.41) is 6.51. The Bertz CT molecular complexity index is 1310. The number of carbonyl (C=O) groups is 1. The van der Waals surface area contributed by atoms with Crippen LogP contribution in [0.15, 0.2) is 27.8 Å². The number of oxazole rings is 1. The number of aryl methyl sites for hydroxylation is 1. The van der Waals surface area contributed by atoms with Gasteiger partial charge in [0.05, 0.1) is 30.5 Å². The number of aromatic nitrogens is 1. The van der Waals surface area contributed by atoms with Crippen LogP contribution in [-0.2, 0) is 11.2 Å². The predicted octanol–water partition coefficient (Wildman–Crippen LogP) is 6.16. The lowest BCUT2D eigenvalue weighted by Gasteiger charge is -2.53. The van der Waals surface area contributed by atoms with Gasteiger partial charge in [0.1, 0.15) is 5.76 Å². The second kappa shape index (κ2) is 9.56. The maximum atomic E-state index is 15.7. The average molecular weight is 535 g/mol. The van der Waals surface area contributed by atoms with Gasteiger partial charge < -0.3 is 24.7 Å². The van der Waals surface area contributed by atoms with Crippen LogP contribution < -0.4 is 20.3 Å². The number of halogens is 1. The van der Waals surface area contributed by atoms with Crippen LogP contribution in [0.5, 0.6) is 5.75 Å². The molecule has 5 fully saturated rings. The van der Waals surface area contributed by atoms with Crippen LogP contribution in [0, 0.1) is 11.2 Å². The molecule has 2 saturated heterocycles. The Hall–Kier alpha value is -3.03. The van der Waals surface area contributed by atoms with E-state index in [2.05, 4.69) is 22.5 Å². The Labute approximate surface area is 229 Å². The number of benzene rings is 1. The van der Waals surface area contributed by atoms with Crippen LogP contribution in [0.1, 0.15) is 100.0 Å². The Morgan fingerprint density at radius 2 is 2.00 bits per heavy atom. The fourth-order valence-electron chi connectivity index (χ4n) is 7.40. The Morgan fingerprint density at radius 3 is 2.62 bits per heavy atom. The number of ether oxygens (including phenoxy) is 1. The van der Waals surface area contributed by atoms with Crippen molar-refractivity contribution in [2.45, 2.75) is 95.4 Å². The van der Waals surface area contributed by atoms with Crippen LogP contribution in [0.3, 0.4) is 0 Å². The third kappa shape index (κ3) is 4.21. The van der Waals surface area contributed by atoms with Crippen LogP contribution in [0.2, 0.25) is 0 Å². The van der Waals surface area contributed by atoms with Crippen molar-refractivity contribution in [3.63, 3.8) is 0 Å². The molecule has 1 spiro atoms. The first kappa shape index (κ1) is 25.0. The lowest BCUT2D eigenvalue weighted by Crippen LogP contribution is -2.55. The van der Waals surface area contributed by atoms with Gasteiger partial charge >= 0.3 is 0 Å². The van der Waals surface area contributed by atoms with E-state index >= 15 is 4.39 Å². The molecule has 39 heavy (non-hydrogen) atoms. The van der Waals surface area contributed by atoms with E-state index in [0.717, 1.165) is 42.8 Å². The lowest BCUT2D eigenvalue weighted by molar-refractivity contribution is -0.123. The van der Waals surface area contributed by atoms with Gasteiger partial charge in [-0.1, -0.05) is 25.0 Å². The summed E-state index contributed by atoms with van der Waals surface area (Å²) < 4.78 is 27.5. The molecule has 2 aromatic rings. The van der Waals surface area contributed by atoms with Crippen molar-refractivity contribution in [2.24, 2.45) is 5.41 Å². The molecule has 7 nitrogen and oxygen atoms in total. The number of anilines is 2. The summed E-state index contributed by atoms with van der Waals surface area (Å²) in [5.41, 5.74) is 5.23. The highest BCUT2D eigenvalue weighted by molar-refractivity contribution is 5.87. The number of hydrogen-bond acceptors (Lipinski definition) is 6. The maximum Gasteiger partial charge on any atom is 0.295 e. The van der Waals surface area contributed by atoms with Crippen LogP contribution in [0.25, 0.3) is 0 Å². The summed E-state index contributed by atoms with van der Waals surface area (Å²) in [6, 6.07) is 4.43. The smallest absolute Gasteiger partial charge is 0.295 e. The van der Waals surface area contributed by atoms with Crippen molar-refractivity contribution in [2.75, 3.05) is 30.4 Å². The highest BCUT2D eigenvalue weighted by Gasteiger charge is 2.50. The first-order chi connectivity index (χ1) is 19.0. The molecule has 5 aliphatic rings. The number of hydrogen-bond donors (Lipinski definition) is 2. The average Bonchev–Trinajstić information content (AvgIpc) is 3.21. The van der Waals surface area contributed by atoms with Crippen LogP contribution in [-0.4, -0.2) is 37.1 Å². The predicted molar refractivity (Wildman–Crippen MR) is 148 cm³/mol. The Balaban J connectivity index is 1.000. The van der Waals surface area contributed by atoms with Crippen LogP contribution in [0.4, 0.5) is 16.1 Å². The monoisotopic (exact) mass is 534 g/mol. The van der Waals surface area contributed by atoms with E-state index in [9.17, 15) is 4.79 Å². The molecule has 3 aliphatic carbocycles. The molecule has 7 rings (SSSR count). The minimum Gasteiger partial charge on any atom is -0.492 e. The van der Waals surface area contributed by atoms with Gasteiger partial charge in [0.15, 0.2) is 11.6 Å². The molecule has 0 bridgehead atoms. The molecule has 3 heterocycles. The number of methoxy groups -OCH3 is 1. The molecule has 1 aromatic heterocycles. The highest BCUT2D eigenvalue weighted by atomic mass is 19.1. The van der Waals surface area contributed by atoms with Gasteiger partial charge in [-0.05, 0) is 75.7 Å². The zero-order valence-corrected chi connectivity index (χ0v) is 23.1. The molecule has 1 unspecified atom stereocenters. The largest absolute Gasteiger partial charge is 0.492 e. The minimum absolute atomic E-state index is 0.112. The van der Waals surface area contributed by atoms with Gasteiger partial charge in [-0.15, -0.1) is 0 Å². The van der Waals surface area contributed by atoms with Crippen molar-refractivity contribution < 1.29 is 18.3 Å². The number of rotatable bonds is 7.